The molecule has 0 aliphatic heterocycles. The van der Waals surface area contributed by atoms with Crippen LogP contribution in [0.3, 0.4) is 0 Å². The fraction of sp³-hybridized carbons (Fsp3) is 0.574. The molecule has 0 radical (unpaired) electrons. The number of hydrogen-bond acceptors (Lipinski definition) is 8. The molecular formula is C68H107NO8. The number of likely N-dealkylation sites (N-methyl/N-ethyl adjacent to an activating group) is 1. The van der Waals surface area contributed by atoms with Crippen molar-refractivity contribution in [1.82, 2.24) is 0 Å². The number of esters is 2. The van der Waals surface area contributed by atoms with E-state index in [1.807, 2.05) is 21.1 Å². The molecule has 0 aromatic heterocycles. The molecule has 0 bridgehead atoms. The number of ether oxygens (including phenoxy) is 4. The second-order valence-electron chi connectivity index (χ2n) is 20.2. The lowest BCUT2D eigenvalue weighted by molar-refractivity contribution is -0.870. The summed E-state index contributed by atoms with van der Waals surface area (Å²) in [6.45, 7) is 4.43. The van der Waals surface area contributed by atoms with E-state index in [1.165, 1.54) is 32.1 Å². The van der Waals surface area contributed by atoms with Crippen molar-refractivity contribution < 1.29 is 42.9 Å². The third-order valence-electron chi connectivity index (χ3n) is 11.8. The van der Waals surface area contributed by atoms with E-state index in [0.717, 1.165) is 122 Å². The number of quaternary nitrogens is 1. The molecule has 0 fully saturated rings. The largest absolute Gasteiger partial charge is 0.545 e. The summed E-state index contributed by atoms with van der Waals surface area (Å²) in [6, 6.07) is 0. The van der Waals surface area contributed by atoms with Crippen molar-refractivity contribution in [3.8, 4) is 0 Å². The summed E-state index contributed by atoms with van der Waals surface area (Å²) in [4.78, 5) is 37.3. The Morgan fingerprint density at radius 1 is 0.390 bits per heavy atom. The number of carboxylic acids is 1. The summed E-state index contributed by atoms with van der Waals surface area (Å²) < 4.78 is 22.6. The Hall–Kier alpha value is -5.09. The quantitative estimate of drug-likeness (QED) is 0.0195. The summed E-state index contributed by atoms with van der Waals surface area (Å²) >= 11 is 0. The van der Waals surface area contributed by atoms with Gasteiger partial charge in [0.1, 0.15) is 13.2 Å². The molecule has 0 aromatic carbocycles. The first kappa shape index (κ1) is 71.9. The number of carbonyl (C=O) groups excluding carboxylic acids is 3. The zero-order valence-electron chi connectivity index (χ0n) is 49.0. The minimum absolute atomic E-state index is 0.130. The van der Waals surface area contributed by atoms with Crippen molar-refractivity contribution in [2.75, 3.05) is 47.5 Å². The number of aliphatic carboxylic acids is 1. The van der Waals surface area contributed by atoms with Gasteiger partial charge in [-0.1, -0.05) is 217 Å². The first-order chi connectivity index (χ1) is 37.6. The van der Waals surface area contributed by atoms with E-state index >= 15 is 0 Å². The Morgan fingerprint density at radius 3 is 1.06 bits per heavy atom. The van der Waals surface area contributed by atoms with Crippen molar-refractivity contribution in [3.05, 3.63) is 158 Å². The molecule has 0 aliphatic carbocycles. The topological polar surface area (TPSA) is 111 Å². The van der Waals surface area contributed by atoms with Crippen LogP contribution in [-0.2, 0) is 33.3 Å². The molecule has 9 heteroatoms. The van der Waals surface area contributed by atoms with Crippen LogP contribution in [0.25, 0.3) is 0 Å². The Bertz CT molecular complexity index is 1810. The predicted octanol–water partition coefficient (Wildman–Crippen LogP) is 16.4. The number of carboxylic acid groups (broad SMARTS) is 1. The highest BCUT2D eigenvalue weighted by atomic mass is 16.7. The SMILES string of the molecule is CC/C=C\C/C=C\C/C=C\C/C=C\C/C=C\C/C=C\C/C=C\CCCCCCCCCCCC(=O)OC(COC(=O)CCCC/C=C\C/C=C\C/C=C\C/C=C\C/C=C\C/C=C\CC)COC(OCC[N+](C)(C)C)C(=O)[O-]. The van der Waals surface area contributed by atoms with Gasteiger partial charge in [0.05, 0.1) is 40.3 Å². The highest BCUT2D eigenvalue weighted by Crippen LogP contribution is 2.14. The highest BCUT2D eigenvalue weighted by molar-refractivity contribution is 5.70. The van der Waals surface area contributed by atoms with Gasteiger partial charge >= 0.3 is 11.9 Å². The standard InChI is InChI=1S/C68H107NO8/c1-6-8-10-12-14-16-18-20-22-24-26-28-29-30-31-32-33-34-35-36-37-39-41-43-45-47-49-51-53-55-57-59-66(71)77-64(63-76-68(67(72)73)74-61-60-69(3,4)5)62-75-65(70)58-56-54-52-50-48-46-44-42-40-38-27-25-23-21-19-17-15-13-11-9-7-2/h8-11,14-17,20-23,26-28,30-31,33-34,36-38,42,44,48,50,64,68H,6-7,12-13,18-19,24-25,29,32,35,39-41,43,45-47,49,51-63H2,1-5H3/b10-8-,11-9-,16-14-,17-15-,22-20-,23-21-,28-26-,31-30-,34-33-,37-36-,38-27-,44-42-,50-48-. The van der Waals surface area contributed by atoms with Gasteiger partial charge in [-0.15, -0.1) is 0 Å². The lowest BCUT2D eigenvalue weighted by Gasteiger charge is -2.26. The molecule has 0 amide bonds. The van der Waals surface area contributed by atoms with E-state index in [1.54, 1.807) is 0 Å². The molecule has 2 unspecified atom stereocenters. The summed E-state index contributed by atoms with van der Waals surface area (Å²) in [7, 11) is 5.89. The molecule has 0 saturated heterocycles. The maximum atomic E-state index is 12.9. The molecule has 0 rings (SSSR count). The average Bonchev–Trinajstić information content (AvgIpc) is 3.40. The molecule has 0 aromatic rings. The van der Waals surface area contributed by atoms with Gasteiger partial charge in [0.15, 0.2) is 12.4 Å². The molecule has 2 atom stereocenters. The molecule has 9 nitrogen and oxygen atoms in total. The number of unbranched alkanes of at least 4 members (excludes halogenated alkanes) is 11. The van der Waals surface area contributed by atoms with Gasteiger partial charge in [0, 0.05) is 12.8 Å². The smallest absolute Gasteiger partial charge is 0.306 e. The van der Waals surface area contributed by atoms with E-state index in [-0.39, 0.29) is 32.7 Å². The van der Waals surface area contributed by atoms with E-state index in [2.05, 4.69) is 172 Å². The van der Waals surface area contributed by atoms with Crippen LogP contribution in [0.1, 0.15) is 194 Å². The summed E-state index contributed by atoms with van der Waals surface area (Å²) in [5.41, 5.74) is 0. The zero-order valence-corrected chi connectivity index (χ0v) is 49.0. The van der Waals surface area contributed by atoms with Crippen LogP contribution < -0.4 is 5.11 Å². The van der Waals surface area contributed by atoms with Crippen molar-refractivity contribution in [1.29, 1.82) is 0 Å². The van der Waals surface area contributed by atoms with Gasteiger partial charge in [0.25, 0.3) is 0 Å². The maximum Gasteiger partial charge on any atom is 0.306 e. The maximum absolute atomic E-state index is 12.9. The van der Waals surface area contributed by atoms with Gasteiger partial charge in [-0.2, -0.15) is 0 Å². The fourth-order valence-corrected chi connectivity index (χ4v) is 7.28. The van der Waals surface area contributed by atoms with Gasteiger partial charge in [-0.05, 0) is 122 Å². The van der Waals surface area contributed by atoms with E-state index in [9.17, 15) is 19.5 Å². The second kappa shape index (κ2) is 57.1. The molecule has 0 saturated carbocycles. The van der Waals surface area contributed by atoms with Crippen LogP contribution in [-0.4, -0.2) is 82.3 Å². The Labute approximate surface area is 470 Å². The first-order valence-corrected chi connectivity index (χ1v) is 29.6. The fourth-order valence-electron chi connectivity index (χ4n) is 7.28. The van der Waals surface area contributed by atoms with E-state index < -0.39 is 30.3 Å². The first-order valence-electron chi connectivity index (χ1n) is 29.6. The van der Waals surface area contributed by atoms with Crippen LogP contribution in [0.15, 0.2) is 158 Å². The van der Waals surface area contributed by atoms with Crippen molar-refractivity contribution in [2.24, 2.45) is 0 Å². The third-order valence-corrected chi connectivity index (χ3v) is 11.8. The van der Waals surface area contributed by atoms with Crippen LogP contribution in [0.4, 0.5) is 0 Å². The van der Waals surface area contributed by atoms with E-state index in [4.69, 9.17) is 18.9 Å². The highest BCUT2D eigenvalue weighted by Gasteiger charge is 2.22. The van der Waals surface area contributed by atoms with Crippen LogP contribution in [0.2, 0.25) is 0 Å². The van der Waals surface area contributed by atoms with Crippen molar-refractivity contribution >= 4 is 17.9 Å². The lowest BCUT2D eigenvalue weighted by Crippen LogP contribution is -2.44. The van der Waals surface area contributed by atoms with Crippen LogP contribution in [0, 0.1) is 0 Å². The second-order valence-corrected chi connectivity index (χ2v) is 20.2. The Morgan fingerprint density at radius 2 is 0.701 bits per heavy atom. The zero-order chi connectivity index (χ0) is 56.2. The van der Waals surface area contributed by atoms with E-state index in [0.29, 0.717) is 23.9 Å². The average molecular weight is 1070 g/mol. The Balaban J connectivity index is 4.35. The number of hydrogen-bond donors (Lipinski definition) is 0. The summed E-state index contributed by atoms with van der Waals surface area (Å²) in [5.74, 6) is -2.37. The van der Waals surface area contributed by atoms with Gasteiger partial charge < -0.3 is 33.3 Å². The molecular weight excluding hydrogens is 959 g/mol. The van der Waals surface area contributed by atoms with Gasteiger partial charge in [-0.3, -0.25) is 9.59 Å². The number of nitrogens with zero attached hydrogens (tertiary/aromatic N) is 1. The molecule has 432 valence electrons. The van der Waals surface area contributed by atoms with Gasteiger partial charge in [-0.25, -0.2) is 0 Å². The lowest BCUT2D eigenvalue weighted by atomic mass is 10.1. The molecule has 0 heterocycles. The molecule has 0 spiro atoms. The third kappa shape index (κ3) is 58.4. The molecule has 0 N–H and O–H groups in total. The minimum Gasteiger partial charge on any atom is -0.545 e. The predicted molar refractivity (Wildman–Crippen MR) is 324 cm³/mol. The summed E-state index contributed by atoms with van der Waals surface area (Å²) in [6.07, 6.45) is 81.5. The summed E-state index contributed by atoms with van der Waals surface area (Å²) in [5, 5.41) is 11.8. The normalized spacial score (nSPS) is 13.9. The number of carbonyl (C=O) groups is 3. The van der Waals surface area contributed by atoms with Crippen molar-refractivity contribution in [3.63, 3.8) is 0 Å². The van der Waals surface area contributed by atoms with Gasteiger partial charge in [0.2, 0.25) is 0 Å². The monoisotopic (exact) mass is 1070 g/mol. The Kier molecular flexibility index (Phi) is 53.3. The van der Waals surface area contributed by atoms with Crippen LogP contribution in [0.5, 0.6) is 0 Å². The minimum atomic E-state index is -1.64. The number of rotatable bonds is 52. The van der Waals surface area contributed by atoms with Crippen molar-refractivity contribution in [2.45, 2.75) is 206 Å². The molecule has 0 aliphatic rings. The molecule has 77 heavy (non-hydrogen) atoms. The van der Waals surface area contributed by atoms with Crippen LogP contribution >= 0.6 is 0 Å². The number of allylic oxidation sites excluding steroid dienone is 26.